The Bertz CT molecular complexity index is 720. The number of amides is 6. The quantitative estimate of drug-likeness (QED) is 0.691. The third-order valence-corrected chi connectivity index (χ3v) is 5.94. The number of carbonyl (C=O) groups excluding carboxylic acids is 4. The maximum absolute atomic E-state index is 12.8. The van der Waals surface area contributed by atoms with Crippen molar-refractivity contribution in [3.63, 3.8) is 0 Å². The van der Waals surface area contributed by atoms with Gasteiger partial charge in [0.25, 0.3) is 5.91 Å². The Kier molecular flexibility index (Phi) is 5.26. The van der Waals surface area contributed by atoms with E-state index < -0.39 is 30.1 Å². The summed E-state index contributed by atoms with van der Waals surface area (Å²) in [5.41, 5.74) is -0.906. The van der Waals surface area contributed by atoms with Crippen LogP contribution in [0.3, 0.4) is 0 Å². The largest absolute Gasteiger partial charge is 0.333 e. The molecule has 2 aliphatic rings. The molecule has 3 N–H and O–H groups in total. The minimum Gasteiger partial charge on any atom is -0.333 e. The van der Waals surface area contributed by atoms with E-state index in [0.717, 1.165) is 29.0 Å². The standard InChI is InChI=1S/C17H22N4O4S/c1-11-5-2-3-7-17(11)14(23)21(16(25)20-17)10-13(22)19-15(24)18-9-12-6-4-8-26-12/h4,6,8,11H,2-3,5,7,9-10H2,1H3,(H,20,25)(H2,18,19,22,24)/t11-,17-/m1/s1. The molecule has 1 saturated heterocycles. The molecule has 8 nitrogen and oxygen atoms in total. The molecule has 2 atom stereocenters. The molecule has 0 aromatic carbocycles. The van der Waals surface area contributed by atoms with Crippen LogP contribution in [0.4, 0.5) is 9.59 Å². The molecule has 0 unspecified atom stereocenters. The molecule has 1 aromatic heterocycles. The summed E-state index contributed by atoms with van der Waals surface area (Å²) in [5, 5.41) is 9.39. The van der Waals surface area contributed by atoms with Gasteiger partial charge in [-0.25, -0.2) is 9.59 Å². The average molecular weight is 378 g/mol. The minimum atomic E-state index is -0.906. The zero-order chi connectivity index (χ0) is 18.7. The number of nitrogens with zero attached hydrogens (tertiary/aromatic N) is 1. The highest BCUT2D eigenvalue weighted by Gasteiger charge is 2.55. The highest BCUT2D eigenvalue weighted by molar-refractivity contribution is 7.09. The first-order valence-corrected chi connectivity index (χ1v) is 9.54. The highest BCUT2D eigenvalue weighted by Crippen LogP contribution is 2.38. The summed E-state index contributed by atoms with van der Waals surface area (Å²) in [6.45, 7) is 1.78. The van der Waals surface area contributed by atoms with Crippen molar-refractivity contribution in [2.24, 2.45) is 5.92 Å². The molecular formula is C17H22N4O4S. The van der Waals surface area contributed by atoms with Crippen molar-refractivity contribution in [2.45, 2.75) is 44.7 Å². The average Bonchev–Trinajstić information content (AvgIpc) is 3.19. The fourth-order valence-corrected chi connectivity index (χ4v) is 4.22. The molecule has 26 heavy (non-hydrogen) atoms. The van der Waals surface area contributed by atoms with E-state index in [2.05, 4.69) is 16.0 Å². The van der Waals surface area contributed by atoms with Crippen LogP contribution in [0.5, 0.6) is 0 Å². The Hall–Kier alpha value is -2.42. The van der Waals surface area contributed by atoms with Crippen LogP contribution < -0.4 is 16.0 Å². The van der Waals surface area contributed by atoms with Crippen molar-refractivity contribution in [3.05, 3.63) is 22.4 Å². The molecule has 1 aliphatic carbocycles. The predicted octanol–water partition coefficient (Wildman–Crippen LogP) is 1.57. The molecule has 140 valence electrons. The van der Waals surface area contributed by atoms with E-state index in [1.807, 2.05) is 24.4 Å². The number of thiophene rings is 1. The number of hydrogen-bond donors (Lipinski definition) is 3. The summed E-state index contributed by atoms with van der Waals surface area (Å²) in [6.07, 6.45) is 3.33. The molecule has 0 radical (unpaired) electrons. The van der Waals surface area contributed by atoms with Crippen molar-refractivity contribution in [1.29, 1.82) is 0 Å². The Morgan fingerprint density at radius 1 is 1.38 bits per heavy atom. The van der Waals surface area contributed by atoms with Crippen LogP contribution >= 0.6 is 11.3 Å². The summed E-state index contributed by atoms with van der Waals surface area (Å²) in [5.74, 6) is -1.05. The number of rotatable bonds is 4. The lowest BCUT2D eigenvalue weighted by Crippen LogP contribution is -2.54. The number of urea groups is 2. The third-order valence-electron chi connectivity index (χ3n) is 5.06. The molecular weight excluding hydrogens is 356 g/mol. The van der Waals surface area contributed by atoms with Gasteiger partial charge in [-0.15, -0.1) is 11.3 Å². The second kappa shape index (κ2) is 7.45. The van der Waals surface area contributed by atoms with Crippen molar-refractivity contribution < 1.29 is 19.2 Å². The second-order valence-electron chi connectivity index (χ2n) is 6.75. The smallest absolute Gasteiger partial charge is 0.325 e. The maximum Gasteiger partial charge on any atom is 0.325 e. The lowest BCUT2D eigenvalue weighted by Gasteiger charge is -2.36. The second-order valence-corrected chi connectivity index (χ2v) is 7.78. The van der Waals surface area contributed by atoms with E-state index >= 15 is 0 Å². The Labute approximate surface area is 155 Å². The monoisotopic (exact) mass is 378 g/mol. The fraction of sp³-hybridized carbons (Fsp3) is 0.529. The molecule has 3 rings (SSSR count). The Morgan fingerprint density at radius 2 is 2.19 bits per heavy atom. The third kappa shape index (κ3) is 3.57. The van der Waals surface area contributed by atoms with Crippen molar-refractivity contribution >= 4 is 35.2 Å². The molecule has 1 spiro atoms. The van der Waals surface area contributed by atoms with Gasteiger partial charge in [-0.1, -0.05) is 25.8 Å². The first kappa shape index (κ1) is 18.4. The lowest BCUT2D eigenvalue weighted by molar-refractivity contribution is -0.137. The maximum atomic E-state index is 12.8. The van der Waals surface area contributed by atoms with Crippen LogP contribution in [0.15, 0.2) is 17.5 Å². The van der Waals surface area contributed by atoms with E-state index in [1.54, 1.807) is 0 Å². The van der Waals surface area contributed by atoms with E-state index in [-0.39, 0.29) is 11.8 Å². The first-order chi connectivity index (χ1) is 12.4. The van der Waals surface area contributed by atoms with Gasteiger partial charge >= 0.3 is 12.1 Å². The van der Waals surface area contributed by atoms with Crippen LogP contribution in [-0.4, -0.2) is 40.9 Å². The van der Waals surface area contributed by atoms with E-state index in [0.29, 0.717) is 13.0 Å². The molecule has 2 heterocycles. The zero-order valence-corrected chi connectivity index (χ0v) is 15.4. The van der Waals surface area contributed by atoms with Gasteiger partial charge in [0.15, 0.2) is 0 Å². The summed E-state index contributed by atoms with van der Waals surface area (Å²) in [6, 6.07) is 2.50. The summed E-state index contributed by atoms with van der Waals surface area (Å²) in [7, 11) is 0. The normalized spacial score (nSPS) is 25.3. The van der Waals surface area contributed by atoms with E-state index in [4.69, 9.17) is 0 Å². The van der Waals surface area contributed by atoms with Crippen LogP contribution in [-0.2, 0) is 16.1 Å². The van der Waals surface area contributed by atoms with E-state index in [9.17, 15) is 19.2 Å². The van der Waals surface area contributed by atoms with Crippen molar-refractivity contribution in [1.82, 2.24) is 20.9 Å². The molecule has 2 fully saturated rings. The molecule has 6 amide bonds. The molecule has 0 bridgehead atoms. The van der Waals surface area contributed by atoms with Gasteiger partial charge < -0.3 is 10.6 Å². The number of hydrogen-bond acceptors (Lipinski definition) is 5. The number of nitrogens with one attached hydrogen (secondary N) is 3. The van der Waals surface area contributed by atoms with Gasteiger partial charge in [0.2, 0.25) is 5.91 Å². The van der Waals surface area contributed by atoms with Crippen LogP contribution in [0, 0.1) is 5.92 Å². The van der Waals surface area contributed by atoms with Gasteiger partial charge in [-0.05, 0) is 30.2 Å². The summed E-state index contributed by atoms with van der Waals surface area (Å²) >= 11 is 1.49. The Morgan fingerprint density at radius 3 is 2.88 bits per heavy atom. The van der Waals surface area contributed by atoms with Gasteiger partial charge in [0.1, 0.15) is 12.1 Å². The SMILES string of the molecule is C[C@@H]1CCCC[C@@]12NC(=O)N(CC(=O)NC(=O)NCc1cccs1)C2=O. The first-order valence-electron chi connectivity index (χ1n) is 8.66. The number of carbonyl (C=O) groups is 4. The van der Waals surface area contributed by atoms with Gasteiger partial charge in [-0.2, -0.15) is 0 Å². The predicted molar refractivity (Wildman–Crippen MR) is 95.3 cm³/mol. The van der Waals surface area contributed by atoms with E-state index in [1.165, 1.54) is 11.3 Å². The lowest BCUT2D eigenvalue weighted by atomic mass is 9.73. The molecule has 1 aromatic rings. The van der Waals surface area contributed by atoms with Gasteiger partial charge in [0.05, 0.1) is 6.54 Å². The van der Waals surface area contributed by atoms with Crippen molar-refractivity contribution in [3.8, 4) is 0 Å². The molecule has 1 aliphatic heterocycles. The van der Waals surface area contributed by atoms with Crippen LogP contribution in [0.2, 0.25) is 0 Å². The van der Waals surface area contributed by atoms with Gasteiger partial charge in [0, 0.05) is 4.88 Å². The highest BCUT2D eigenvalue weighted by atomic mass is 32.1. The zero-order valence-electron chi connectivity index (χ0n) is 14.5. The van der Waals surface area contributed by atoms with Crippen LogP contribution in [0.1, 0.15) is 37.5 Å². The van der Waals surface area contributed by atoms with Crippen molar-refractivity contribution in [2.75, 3.05) is 6.54 Å². The Balaban J connectivity index is 1.54. The molecule has 1 saturated carbocycles. The number of imide groups is 2. The summed E-state index contributed by atoms with van der Waals surface area (Å²) in [4.78, 5) is 50.7. The summed E-state index contributed by atoms with van der Waals surface area (Å²) < 4.78 is 0. The topological polar surface area (TPSA) is 108 Å². The van der Waals surface area contributed by atoms with Gasteiger partial charge in [-0.3, -0.25) is 19.8 Å². The fourth-order valence-electron chi connectivity index (χ4n) is 3.57. The van der Waals surface area contributed by atoms with Crippen LogP contribution in [0.25, 0.3) is 0 Å². The molecule has 9 heteroatoms. The minimum absolute atomic E-state index is 0.0230.